The topological polar surface area (TPSA) is 18.5 Å². The Balaban J connectivity index is 2.87. The molecule has 0 bridgehead atoms. The normalized spacial score (nSPS) is 12.0. The summed E-state index contributed by atoms with van der Waals surface area (Å²) >= 11 is -2.31. The van der Waals surface area contributed by atoms with Crippen LogP contribution in [0.4, 0.5) is 0 Å². The van der Waals surface area contributed by atoms with Gasteiger partial charge in [0.05, 0.1) is 0 Å². The first kappa shape index (κ1) is 21.0. The third-order valence-corrected chi connectivity index (χ3v) is 20.7. The molecule has 0 amide bonds. The summed E-state index contributed by atoms with van der Waals surface area (Å²) in [5.74, 6) is 0. The first-order valence-electron chi connectivity index (χ1n) is 9.33. The van der Waals surface area contributed by atoms with Gasteiger partial charge in [-0.05, 0) is 0 Å². The van der Waals surface area contributed by atoms with Crippen molar-refractivity contribution in [1.82, 2.24) is 0 Å². The maximum atomic E-state index is 5.38. The number of benzene rings is 1. The van der Waals surface area contributed by atoms with Gasteiger partial charge in [0.2, 0.25) is 0 Å². The molecule has 0 heterocycles. The first-order chi connectivity index (χ1) is 11.2. The molecule has 0 N–H and O–H groups in total. The zero-order chi connectivity index (χ0) is 17.0. The van der Waals surface area contributed by atoms with Crippen molar-refractivity contribution < 1.29 is 9.47 Å². The fourth-order valence-corrected chi connectivity index (χ4v) is 19.1. The third-order valence-electron chi connectivity index (χ3n) is 5.02. The molecule has 0 fully saturated rings. The Morgan fingerprint density at radius 3 is 1.83 bits per heavy atom. The standard InChI is InChI=1S/C6H13O2.C6H5.2C4H9.Sn/c1-4-5-6(7-2)8-3;1-2-4-6-5-3-1;2*1-3-4-2;/h6H,1,4-5H2,2-3H3;1-5H;2*1,3-4H2,2H3;. The van der Waals surface area contributed by atoms with Gasteiger partial charge in [-0.2, -0.15) is 0 Å². The van der Waals surface area contributed by atoms with E-state index in [1.165, 1.54) is 45.4 Å². The second-order valence-electron chi connectivity index (χ2n) is 6.65. The van der Waals surface area contributed by atoms with E-state index in [1.807, 2.05) is 0 Å². The molecule has 1 aromatic rings. The van der Waals surface area contributed by atoms with Crippen LogP contribution in [0.2, 0.25) is 13.3 Å². The van der Waals surface area contributed by atoms with E-state index in [0.29, 0.717) is 0 Å². The molecule has 0 aromatic heterocycles. The quantitative estimate of drug-likeness (QED) is 0.313. The Bertz CT molecular complexity index is 382. The van der Waals surface area contributed by atoms with E-state index >= 15 is 0 Å². The van der Waals surface area contributed by atoms with Gasteiger partial charge in [-0.1, -0.05) is 0 Å². The van der Waals surface area contributed by atoms with E-state index < -0.39 is 18.4 Å². The van der Waals surface area contributed by atoms with E-state index in [1.54, 1.807) is 17.8 Å². The summed E-state index contributed by atoms with van der Waals surface area (Å²) in [5, 5.41) is 0. The summed E-state index contributed by atoms with van der Waals surface area (Å²) in [7, 11) is 3.49. The zero-order valence-corrected chi connectivity index (χ0v) is 18.5. The predicted molar refractivity (Wildman–Crippen MR) is 103 cm³/mol. The molecule has 0 radical (unpaired) electrons. The molecule has 0 saturated carbocycles. The molecular weight excluding hydrogens is 391 g/mol. The molecule has 0 aliphatic carbocycles. The fourth-order valence-electron chi connectivity index (χ4n) is 3.57. The molecule has 0 spiro atoms. The summed E-state index contributed by atoms with van der Waals surface area (Å²) in [6.45, 7) is 4.65. The molecule has 0 atom stereocenters. The first-order valence-corrected chi connectivity index (χ1v) is 16.8. The van der Waals surface area contributed by atoms with Gasteiger partial charge >= 0.3 is 148 Å². The van der Waals surface area contributed by atoms with Gasteiger partial charge in [-0.3, -0.25) is 0 Å². The number of rotatable bonds is 13. The Morgan fingerprint density at radius 2 is 1.35 bits per heavy atom. The van der Waals surface area contributed by atoms with Gasteiger partial charge in [0, 0.05) is 0 Å². The van der Waals surface area contributed by atoms with E-state index in [2.05, 4.69) is 44.2 Å². The van der Waals surface area contributed by atoms with Crippen molar-refractivity contribution in [3.05, 3.63) is 30.3 Å². The summed E-state index contributed by atoms with van der Waals surface area (Å²) in [6.07, 6.45) is 7.65. The summed E-state index contributed by atoms with van der Waals surface area (Å²) < 4.78 is 16.9. The molecule has 2 nitrogen and oxygen atoms in total. The average molecular weight is 427 g/mol. The van der Waals surface area contributed by atoms with Crippen LogP contribution in [0.25, 0.3) is 0 Å². The summed E-state index contributed by atoms with van der Waals surface area (Å²) in [6, 6.07) is 11.5. The molecule has 1 aromatic carbocycles. The van der Waals surface area contributed by atoms with Crippen molar-refractivity contribution in [2.75, 3.05) is 14.2 Å². The SMILES string of the molecule is CCC[CH2][Sn]([CH2]CCC)([CH2]CCC(OC)OC)[c]1ccccc1. The van der Waals surface area contributed by atoms with E-state index in [-0.39, 0.29) is 6.29 Å². The zero-order valence-electron chi connectivity index (χ0n) is 15.6. The molecule has 23 heavy (non-hydrogen) atoms. The van der Waals surface area contributed by atoms with E-state index in [0.717, 1.165) is 6.42 Å². The maximum absolute atomic E-state index is 5.38. The number of methoxy groups -OCH3 is 2. The molecule has 0 aliphatic rings. The van der Waals surface area contributed by atoms with Gasteiger partial charge in [0.25, 0.3) is 0 Å². The van der Waals surface area contributed by atoms with Gasteiger partial charge in [0.15, 0.2) is 0 Å². The monoisotopic (exact) mass is 428 g/mol. The van der Waals surface area contributed by atoms with Crippen molar-refractivity contribution in [3.63, 3.8) is 0 Å². The Kier molecular flexibility index (Phi) is 11.2. The van der Waals surface area contributed by atoms with Crippen LogP contribution in [0.5, 0.6) is 0 Å². The molecule has 3 heteroatoms. The fraction of sp³-hybridized carbons (Fsp3) is 0.700. The van der Waals surface area contributed by atoms with Crippen molar-refractivity contribution in [2.24, 2.45) is 0 Å². The van der Waals surface area contributed by atoms with Crippen LogP contribution in [0.1, 0.15) is 52.4 Å². The third kappa shape index (κ3) is 7.14. The van der Waals surface area contributed by atoms with Crippen LogP contribution < -0.4 is 3.58 Å². The van der Waals surface area contributed by atoms with Crippen molar-refractivity contribution in [3.8, 4) is 0 Å². The van der Waals surface area contributed by atoms with Crippen molar-refractivity contribution in [1.29, 1.82) is 0 Å². The van der Waals surface area contributed by atoms with Crippen LogP contribution in [0.3, 0.4) is 0 Å². The molecule has 0 unspecified atom stereocenters. The van der Waals surface area contributed by atoms with E-state index in [9.17, 15) is 0 Å². The minimum absolute atomic E-state index is 0.0351. The number of hydrogen-bond donors (Lipinski definition) is 0. The number of hydrogen-bond acceptors (Lipinski definition) is 2. The van der Waals surface area contributed by atoms with Crippen molar-refractivity contribution >= 4 is 22.0 Å². The van der Waals surface area contributed by atoms with Crippen LogP contribution in [-0.2, 0) is 9.47 Å². The molecule has 0 saturated heterocycles. The van der Waals surface area contributed by atoms with Gasteiger partial charge < -0.3 is 0 Å². The van der Waals surface area contributed by atoms with Crippen LogP contribution in [0.15, 0.2) is 30.3 Å². The second kappa shape index (κ2) is 12.3. The van der Waals surface area contributed by atoms with Crippen LogP contribution in [0, 0.1) is 0 Å². The average Bonchev–Trinajstić information content (AvgIpc) is 2.61. The van der Waals surface area contributed by atoms with E-state index in [4.69, 9.17) is 9.47 Å². The van der Waals surface area contributed by atoms with Crippen LogP contribution >= 0.6 is 0 Å². The Morgan fingerprint density at radius 1 is 0.826 bits per heavy atom. The number of unbranched alkanes of at least 4 members (excludes halogenated alkanes) is 2. The molecule has 132 valence electrons. The number of ether oxygens (including phenoxy) is 2. The van der Waals surface area contributed by atoms with Gasteiger partial charge in [-0.15, -0.1) is 0 Å². The van der Waals surface area contributed by atoms with Gasteiger partial charge in [-0.25, -0.2) is 0 Å². The summed E-state index contributed by atoms with van der Waals surface area (Å²) in [5.41, 5.74) is 0. The molecule has 1 rings (SSSR count). The molecular formula is C20H36O2Sn. The molecule has 0 aliphatic heterocycles. The Hall–Kier alpha value is -0.0613. The van der Waals surface area contributed by atoms with Crippen LogP contribution in [-0.4, -0.2) is 38.9 Å². The predicted octanol–water partition coefficient (Wildman–Crippen LogP) is 5.34. The van der Waals surface area contributed by atoms with Crippen molar-refractivity contribution in [2.45, 2.75) is 72.0 Å². The Labute approximate surface area is 147 Å². The van der Waals surface area contributed by atoms with Gasteiger partial charge in [0.1, 0.15) is 0 Å². The summed E-state index contributed by atoms with van der Waals surface area (Å²) in [4.78, 5) is 0. The minimum atomic E-state index is -2.31. The second-order valence-corrected chi connectivity index (χ2v) is 19.9.